The Hall–Kier alpha value is -1.10. The van der Waals surface area contributed by atoms with Gasteiger partial charge in [0.25, 0.3) is 0 Å². The summed E-state index contributed by atoms with van der Waals surface area (Å²) in [5.41, 5.74) is 5.56. The molecule has 2 heterocycles. The van der Waals surface area contributed by atoms with Gasteiger partial charge in [-0.25, -0.2) is 0 Å². The van der Waals surface area contributed by atoms with Gasteiger partial charge >= 0.3 is 0 Å². The lowest BCUT2D eigenvalue weighted by Gasteiger charge is -2.26. The lowest BCUT2D eigenvalue weighted by molar-refractivity contribution is 0.0605. The number of ether oxygens (including phenoxy) is 2. The van der Waals surface area contributed by atoms with Crippen molar-refractivity contribution in [1.29, 1.82) is 0 Å². The Bertz CT molecular complexity index is 430. The van der Waals surface area contributed by atoms with Crippen molar-refractivity contribution in [3.8, 4) is 5.75 Å². The molecule has 3 rings (SSSR count). The van der Waals surface area contributed by atoms with Crippen LogP contribution in [0.25, 0.3) is 0 Å². The van der Waals surface area contributed by atoms with Crippen LogP contribution >= 0.6 is 0 Å². The average molecular weight is 262 g/mol. The highest BCUT2D eigenvalue weighted by Gasteiger charge is 2.21. The minimum absolute atomic E-state index is 0.231. The highest BCUT2D eigenvalue weighted by molar-refractivity contribution is 5.40. The van der Waals surface area contributed by atoms with Gasteiger partial charge in [0, 0.05) is 25.7 Å². The van der Waals surface area contributed by atoms with Gasteiger partial charge in [0.15, 0.2) is 0 Å². The molecule has 0 radical (unpaired) electrons. The molecule has 4 heteroatoms. The van der Waals surface area contributed by atoms with Crippen molar-refractivity contribution in [2.45, 2.75) is 31.7 Å². The SMILES string of the molecule is NNC(CC1CCOCC1)c1ccc2c(c1)CCO2. The maximum Gasteiger partial charge on any atom is 0.122 e. The third kappa shape index (κ3) is 2.91. The molecular formula is C15H22N2O2. The van der Waals surface area contributed by atoms with E-state index in [-0.39, 0.29) is 6.04 Å². The van der Waals surface area contributed by atoms with Crippen LogP contribution in [-0.4, -0.2) is 19.8 Å². The van der Waals surface area contributed by atoms with E-state index in [0.29, 0.717) is 5.92 Å². The quantitative estimate of drug-likeness (QED) is 0.643. The number of hydrazine groups is 1. The van der Waals surface area contributed by atoms with Crippen molar-refractivity contribution in [1.82, 2.24) is 5.43 Å². The second-order valence-electron chi connectivity index (χ2n) is 5.48. The standard InChI is InChI=1S/C15H22N2O2/c16-17-14(9-11-3-6-18-7-4-11)12-1-2-15-13(10-12)5-8-19-15/h1-2,10-11,14,17H,3-9,16H2. The van der Waals surface area contributed by atoms with Crippen LogP contribution in [0, 0.1) is 5.92 Å². The summed E-state index contributed by atoms with van der Waals surface area (Å²) in [6.45, 7) is 2.58. The van der Waals surface area contributed by atoms with Crippen LogP contribution < -0.4 is 16.0 Å². The molecule has 3 N–H and O–H groups in total. The van der Waals surface area contributed by atoms with E-state index in [1.807, 2.05) is 0 Å². The molecule has 2 aliphatic rings. The van der Waals surface area contributed by atoms with E-state index in [2.05, 4.69) is 23.6 Å². The Labute approximate surface area is 114 Å². The first-order valence-electron chi connectivity index (χ1n) is 7.16. The first kappa shape index (κ1) is 12.9. The number of nitrogens with two attached hydrogens (primary N) is 1. The fourth-order valence-corrected chi connectivity index (χ4v) is 3.04. The summed E-state index contributed by atoms with van der Waals surface area (Å²) in [5.74, 6) is 7.50. The molecule has 1 aromatic carbocycles. The van der Waals surface area contributed by atoms with Crippen LogP contribution in [-0.2, 0) is 11.2 Å². The predicted molar refractivity (Wildman–Crippen MR) is 73.9 cm³/mol. The van der Waals surface area contributed by atoms with Crippen LogP contribution in [0.15, 0.2) is 18.2 Å². The molecule has 0 amide bonds. The first-order valence-corrected chi connectivity index (χ1v) is 7.16. The molecule has 1 unspecified atom stereocenters. The van der Waals surface area contributed by atoms with Crippen molar-refractivity contribution >= 4 is 0 Å². The van der Waals surface area contributed by atoms with Gasteiger partial charge < -0.3 is 9.47 Å². The molecule has 19 heavy (non-hydrogen) atoms. The maximum atomic E-state index is 5.75. The van der Waals surface area contributed by atoms with Crippen molar-refractivity contribution in [3.05, 3.63) is 29.3 Å². The molecule has 104 valence electrons. The molecule has 1 saturated heterocycles. The number of nitrogens with one attached hydrogen (secondary N) is 1. The van der Waals surface area contributed by atoms with E-state index < -0.39 is 0 Å². The van der Waals surface area contributed by atoms with Crippen molar-refractivity contribution < 1.29 is 9.47 Å². The molecular weight excluding hydrogens is 240 g/mol. The Morgan fingerprint density at radius 3 is 2.89 bits per heavy atom. The molecule has 1 fully saturated rings. The maximum absolute atomic E-state index is 5.75. The molecule has 0 aromatic heterocycles. The Balaban J connectivity index is 1.70. The lowest BCUT2D eigenvalue weighted by atomic mass is 9.89. The smallest absolute Gasteiger partial charge is 0.122 e. The van der Waals surface area contributed by atoms with Gasteiger partial charge in [-0.15, -0.1) is 0 Å². The molecule has 2 aliphatic heterocycles. The Morgan fingerprint density at radius 1 is 1.26 bits per heavy atom. The Morgan fingerprint density at radius 2 is 2.11 bits per heavy atom. The van der Waals surface area contributed by atoms with E-state index in [1.165, 1.54) is 11.1 Å². The van der Waals surface area contributed by atoms with Crippen LogP contribution in [0.5, 0.6) is 5.75 Å². The highest BCUT2D eigenvalue weighted by Crippen LogP contribution is 2.31. The number of hydrogen-bond donors (Lipinski definition) is 2. The van der Waals surface area contributed by atoms with Gasteiger partial charge in [-0.1, -0.05) is 12.1 Å². The second-order valence-corrected chi connectivity index (χ2v) is 5.48. The number of benzene rings is 1. The van der Waals surface area contributed by atoms with Crippen molar-refractivity contribution in [2.75, 3.05) is 19.8 Å². The van der Waals surface area contributed by atoms with Gasteiger partial charge in [-0.05, 0) is 42.4 Å². The zero-order valence-corrected chi connectivity index (χ0v) is 11.2. The first-order chi connectivity index (χ1) is 9.36. The summed E-state index contributed by atoms with van der Waals surface area (Å²) >= 11 is 0. The van der Waals surface area contributed by atoms with Crippen molar-refractivity contribution in [2.24, 2.45) is 11.8 Å². The second kappa shape index (κ2) is 5.90. The van der Waals surface area contributed by atoms with Crippen molar-refractivity contribution in [3.63, 3.8) is 0 Å². The number of fused-ring (bicyclic) bond motifs is 1. The minimum Gasteiger partial charge on any atom is -0.493 e. The summed E-state index contributed by atoms with van der Waals surface area (Å²) in [6.07, 6.45) is 4.38. The van der Waals surface area contributed by atoms with Gasteiger partial charge in [0.1, 0.15) is 5.75 Å². The summed E-state index contributed by atoms with van der Waals surface area (Å²) in [5, 5.41) is 0. The third-order valence-corrected chi connectivity index (χ3v) is 4.23. The largest absolute Gasteiger partial charge is 0.493 e. The molecule has 1 aromatic rings. The minimum atomic E-state index is 0.231. The van der Waals surface area contributed by atoms with Gasteiger partial charge in [-0.2, -0.15) is 0 Å². The van der Waals surface area contributed by atoms with Crippen LogP contribution in [0.1, 0.15) is 36.4 Å². The molecule has 0 aliphatic carbocycles. The predicted octanol–water partition coefficient (Wildman–Crippen LogP) is 1.94. The molecule has 4 nitrogen and oxygen atoms in total. The van der Waals surface area contributed by atoms with Gasteiger partial charge in [0.05, 0.1) is 6.61 Å². The molecule has 0 bridgehead atoms. The van der Waals surface area contributed by atoms with Crippen LogP contribution in [0.3, 0.4) is 0 Å². The Kier molecular flexibility index (Phi) is 4.01. The summed E-state index contributed by atoms with van der Waals surface area (Å²) in [7, 11) is 0. The molecule has 0 saturated carbocycles. The zero-order chi connectivity index (χ0) is 13.1. The zero-order valence-electron chi connectivity index (χ0n) is 11.2. The highest BCUT2D eigenvalue weighted by atomic mass is 16.5. The van der Waals surface area contributed by atoms with Crippen LogP contribution in [0.2, 0.25) is 0 Å². The van der Waals surface area contributed by atoms with Crippen LogP contribution in [0.4, 0.5) is 0 Å². The summed E-state index contributed by atoms with van der Waals surface area (Å²) in [4.78, 5) is 0. The monoisotopic (exact) mass is 262 g/mol. The van der Waals surface area contributed by atoms with E-state index in [0.717, 1.165) is 51.3 Å². The topological polar surface area (TPSA) is 56.5 Å². The summed E-state index contributed by atoms with van der Waals surface area (Å²) < 4.78 is 11.0. The van der Waals surface area contributed by atoms with E-state index in [9.17, 15) is 0 Å². The average Bonchev–Trinajstić information content (AvgIpc) is 2.93. The lowest BCUT2D eigenvalue weighted by Crippen LogP contribution is -2.31. The van der Waals surface area contributed by atoms with E-state index in [1.54, 1.807) is 0 Å². The fourth-order valence-electron chi connectivity index (χ4n) is 3.04. The normalized spacial score (nSPS) is 20.9. The van der Waals surface area contributed by atoms with Gasteiger partial charge in [0.2, 0.25) is 0 Å². The fraction of sp³-hybridized carbons (Fsp3) is 0.600. The third-order valence-electron chi connectivity index (χ3n) is 4.23. The number of rotatable bonds is 4. The molecule has 1 atom stereocenters. The molecule has 0 spiro atoms. The van der Waals surface area contributed by atoms with E-state index in [4.69, 9.17) is 15.3 Å². The summed E-state index contributed by atoms with van der Waals surface area (Å²) in [6, 6.07) is 6.68. The van der Waals surface area contributed by atoms with E-state index >= 15 is 0 Å². The number of hydrogen-bond acceptors (Lipinski definition) is 4. The van der Waals surface area contributed by atoms with Gasteiger partial charge in [-0.3, -0.25) is 11.3 Å².